The summed E-state index contributed by atoms with van der Waals surface area (Å²) in [5.41, 5.74) is 15.3. The minimum atomic E-state index is 1.15. The smallest absolute Gasteiger partial charge is 0.0540 e. The van der Waals surface area contributed by atoms with Gasteiger partial charge in [-0.2, -0.15) is 0 Å². The Kier molecular flexibility index (Phi) is 7.75. The van der Waals surface area contributed by atoms with Gasteiger partial charge in [0, 0.05) is 16.9 Å². The van der Waals surface area contributed by atoms with Gasteiger partial charge in [-0.3, -0.25) is 0 Å². The van der Waals surface area contributed by atoms with Crippen LogP contribution in [-0.4, -0.2) is 0 Å². The molecule has 8 aromatic carbocycles. The van der Waals surface area contributed by atoms with E-state index in [0.29, 0.717) is 0 Å². The number of aryl methyl sites for hydroxylation is 3. The highest BCUT2D eigenvalue weighted by molar-refractivity contribution is 6.13. The van der Waals surface area contributed by atoms with Crippen LogP contribution in [0.2, 0.25) is 0 Å². The van der Waals surface area contributed by atoms with E-state index in [2.05, 4.69) is 182 Å². The molecule has 0 amide bonds. The summed E-state index contributed by atoms with van der Waals surface area (Å²) in [7, 11) is 0. The van der Waals surface area contributed by atoms with E-state index in [-0.39, 0.29) is 0 Å². The maximum absolute atomic E-state index is 2.48. The zero-order valence-electron chi connectivity index (χ0n) is 28.4. The van der Waals surface area contributed by atoms with Crippen molar-refractivity contribution in [2.24, 2.45) is 0 Å². The zero-order valence-corrected chi connectivity index (χ0v) is 28.4. The summed E-state index contributed by atoms with van der Waals surface area (Å²) in [6.07, 6.45) is 4.89. The number of anilines is 3. The topological polar surface area (TPSA) is 3.24 Å². The van der Waals surface area contributed by atoms with Gasteiger partial charge in [0.05, 0.1) is 5.69 Å². The predicted octanol–water partition coefficient (Wildman–Crippen LogP) is 13.7. The van der Waals surface area contributed by atoms with Gasteiger partial charge in [0.1, 0.15) is 0 Å². The molecule has 0 aliphatic heterocycles. The van der Waals surface area contributed by atoms with Crippen LogP contribution in [-0.2, 0) is 12.8 Å². The number of hydrogen-bond donors (Lipinski definition) is 0. The van der Waals surface area contributed by atoms with E-state index in [1.807, 2.05) is 0 Å². The monoisotopic (exact) mass is 641 g/mol. The van der Waals surface area contributed by atoms with Crippen molar-refractivity contribution in [2.75, 3.05) is 4.90 Å². The summed E-state index contributed by atoms with van der Waals surface area (Å²) in [5, 5.41) is 5.16. The van der Waals surface area contributed by atoms with Crippen molar-refractivity contribution in [3.05, 3.63) is 187 Å². The molecule has 0 fully saturated rings. The highest BCUT2D eigenvalue weighted by Crippen LogP contribution is 2.44. The van der Waals surface area contributed by atoms with Crippen LogP contribution >= 0.6 is 0 Å². The number of rotatable bonds is 6. The van der Waals surface area contributed by atoms with Crippen LogP contribution in [0.1, 0.15) is 29.5 Å². The maximum atomic E-state index is 2.48. The Morgan fingerprint density at radius 2 is 0.960 bits per heavy atom. The van der Waals surface area contributed by atoms with Gasteiger partial charge < -0.3 is 4.90 Å². The summed E-state index contributed by atoms with van der Waals surface area (Å²) in [6, 6.07) is 62.5. The van der Waals surface area contributed by atoms with Crippen molar-refractivity contribution in [3.8, 4) is 33.4 Å². The van der Waals surface area contributed by atoms with E-state index in [1.165, 1.54) is 102 Å². The second-order valence-corrected chi connectivity index (χ2v) is 13.6. The fourth-order valence-electron chi connectivity index (χ4n) is 8.01. The van der Waals surface area contributed by atoms with Crippen LogP contribution < -0.4 is 4.90 Å². The molecule has 0 atom stereocenters. The van der Waals surface area contributed by atoms with Crippen molar-refractivity contribution in [3.63, 3.8) is 0 Å². The molecule has 0 saturated heterocycles. The molecule has 0 saturated carbocycles. The van der Waals surface area contributed by atoms with Crippen LogP contribution in [0, 0.1) is 6.92 Å². The van der Waals surface area contributed by atoms with Gasteiger partial charge in [-0.05, 0) is 129 Å². The number of hydrogen-bond acceptors (Lipinski definition) is 1. The lowest BCUT2D eigenvalue weighted by Crippen LogP contribution is -2.14. The van der Waals surface area contributed by atoms with E-state index in [0.717, 1.165) is 12.1 Å². The molecule has 0 bridgehead atoms. The van der Waals surface area contributed by atoms with Crippen molar-refractivity contribution in [1.29, 1.82) is 0 Å². The Morgan fingerprint density at radius 3 is 1.72 bits per heavy atom. The van der Waals surface area contributed by atoms with Crippen molar-refractivity contribution in [2.45, 2.75) is 32.6 Å². The fraction of sp³-hybridized carbons (Fsp3) is 0.102. The number of nitrogens with zero attached hydrogens (tertiary/aromatic N) is 1. The Labute approximate surface area is 295 Å². The first-order valence-electron chi connectivity index (χ1n) is 17.9. The highest BCUT2D eigenvalue weighted by Gasteiger charge is 2.21. The van der Waals surface area contributed by atoms with Crippen LogP contribution in [0.5, 0.6) is 0 Å². The number of para-hydroxylation sites is 1. The third-order valence-electron chi connectivity index (χ3n) is 10.6. The quantitative estimate of drug-likeness (QED) is 0.163. The summed E-state index contributed by atoms with van der Waals surface area (Å²) in [6.45, 7) is 2.27. The average Bonchev–Trinajstić information content (AvgIpc) is 3.19. The molecule has 1 nitrogen and oxygen atoms in total. The van der Waals surface area contributed by atoms with Gasteiger partial charge in [0.25, 0.3) is 0 Å². The molecular weight excluding hydrogens is 603 g/mol. The molecule has 240 valence electrons. The van der Waals surface area contributed by atoms with Crippen LogP contribution in [0.4, 0.5) is 17.1 Å². The normalized spacial score (nSPS) is 12.6. The molecule has 0 aromatic heterocycles. The first-order valence-corrected chi connectivity index (χ1v) is 17.9. The van der Waals surface area contributed by atoms with E-state index in [1.54, 1.807) is 0 Å². The predicted molar refractivity (Wildman–Crippen MR) is 214 cm³/mol. The first-order chi connectivity index (χ1) is 24.7. The molecule has 9 rings (SSSR count). The van der Waals surface area contributed by atoms with E-state index in [9.17, 15) is 0 Å². The largest absolute Gasteiger partial charge is 0.310 e. The third-order valence-corrected chi connectivity index (χ3v) is 10.6. The minimum Gasteiger partial charge on any atom is -0.310 e. The van der Waals surface area contributed by atoms with Gasteiger partial charge in [-0.15, -0.1) is 0 Å². The van der Waals surface area contributed by atoms with Gasteiger partial charge in [-0.1, -0.05) is 140 Å². The van der Waals surface area contributed by atoms with Gasteiger partial charge in [0.15, 0.2) is 0 Å². The Balaban J connectivity index is 1.11. The molecule has 0 heterocycles. The average molecular weight is 642 g/mol. The summed E-state index contributed by atoms with van der Waals surface area (Å²) in [4.78, 5) is 2.48. The zero-order chi connectivity index (χ0) is 33.4. The SMILES string of the molecule is Cc1cc2c(cc1N(c1ccc(-c3ccc(-c4cc5ccccc5c5ccccc45)cc3)cc1)c1ccccc1-c1ccccc1)CCCC2. The van der Waals surface area contributed by atoms with Gasteiger partial charge in [-0.25, -0.2) is 0 Å². The molecule has 0 unspecified atom stereocenters. The molecule has 1 aliphatic rings. The standard InChI is InChI=1S/C49H39N/c1-34-31-39-15-5-6-16-40(39)33-49(34)50(48-22-12-11-19-44(48)37-13-3-2-4-14-37)42-29-27-36(28-30-42)35-23-25-38(26-24-35)47-32-41-17-7-8-18-43(41)45-20-9-10-21-46(45)47/h2-4,7-14,17-33H,5-6,15-16H2,1H3. The number of fused-ring (bicyclic) bond motifs is 4. The van der Waals surface area contributed by atoms with E-state index in [4.69, 9.17) is 0 Å². The summed E-state index contributed by atoms with van der Waals surface area (Å²) >= 11 is 0. The molecule has 1 heteroatoms. The molecule has 50 heavy (non-hydrogen) atoms. The molecule has 8 aromatic rings. The Hall–Kier alpha value is -5.92. The molecule has 1 aliphatic carbocycles. The summed E-state index contributed by atoms with van der Waals surface area (Å²) in [5.74, 6) is 0. The Morgan fingerprint density at radius 1 is 0.400 bits per heavy atom. The third kappa shape index (κ3) is 5.46. The molecule has 0 spiro atoms. The maximum Gasteiger partial charge on any atom is 0.0540 e. The second kappa shape index (κ2) is 12.8. The van der Waals surface area contributed by atoms with Crippen LogP contribution in [0.25, 0.3) is 54.9 Å². The van der Waals surface area contributed by atoms with Gasteiger partial charge in [0.2, 0.25) is 0 Å². The molecule has 0 N–H and O–H groups in total. The van der Waals surface area contributed by atoms with Crippen LogP contribution in [0.15, 0.2) is 170 Å². The van der Waals surface area contributed by atoms with Crippen molar-refractivity contribution >= 4 is 38.6 Å². The van der Waals surface area contributed by atoms with E-state index >= 15 is 0 Å². The van der Waals surface area contributed by atoms with Crippen LogP contribution in [0.3, 0.4) is 0 Å². The Bertz CT molecular complexity index is 2470. The lowest BCUT2D eigenvalue weighted by atomic mass is 9.89. The highest BCUT2D eigenvalue weighted by atomic mass is 15.1. The summed E-state index contributed by atoms with van der Waals surface area (Å²) < 4.78 is 0. The van der Waals surface area contributed by atoms with Crippen molar-refractivity contribution in [1.82, 2.24) is 0 Å². The second-order valence-electron chi connectivity index (χ2n) is 13.6. The van der Waals surface area contributed by atoms with Gasteiger partial charge >= 0.3 is 0 Å². The van der Waals surface area contributed by atoms with E-state index < -0.39 is 0 Å². The first kappa shape index (κ1) is 30.2. The van der Waals surface area contributed by atoms with Crippen molar-refractivity contribution < 1.29 is 0 Å². The lowest BCUT2D eigenvalue weighted by Gasteiger charge is -2.31. The lowest BCUT2D eigenvalue weighted by molar-refractivity contribution is 0.685. The molecule has 0 radical (unpaired) electrons. The fourth-order valence-corrected chi connectivity index (χ4v) is 8.01. The molecular formula is C49H39N. The minimum absolute atomic E-state index is 1.15. The number of benzene rings is 8.